The molecule has 152 valence electrons. The first-order chi connectivity index (χ1) is 12.5. The molecular weight excluding hydrogens is 437 g/mol. The molecule has 0 amide bonds. The summed E-state index contributed by atoms with van der Waals surface area (Å²) < 4.78 is 46.2. The molecule has 2 aliphatic rings. The summed E-state index contributed by atoms with van der Waals surface area (Å²) in [5.74, 6) is 0. The second-order valence-corrected chi connectivity index (χ2v) is 9.80. The smallest absolute Gasteiger partial charge is 0.387 e. The van der Waals surface area contributed by atoms with E-state index in [0.717, 1.165) is 16.8 Å². The minimum Gasteiger partial charge on any atom is -0.387 e. The normalized spacial score (nSPS) is 42.3. The lowest BCUT2D eigenvalue weighted by Crippen LogP contribution is -2.37. The molecule has 18 heteroatoms. The van der Waals surface area contributed by atoms with E-state index in [4.69, 9.17) is 19.0 Å². The molecule has 0 radical (unpaired) electrons. The van der Waals surface area contributed by atoms with Crippen LogP contribution in [0, 0.1) is 0 Å². The monoisotopic (exact) mass is 450 g/mol. The van der Waals surface area contributed by atoms with E-state index in [1.54, 1.807) is 0 Å². The lowest BCUT2D eigenvalue weighted by Gasteiger charge is -2.27. The number of aromatic nitrogens is 2. The van der Waals surface area contributed by atoms with Gasteiger partial charge in [-0.05, 0) is 0 Å². The van der Waals surface area contributed by atoms with Gasteiger partial charge in [-0.15, -0.1) is 0 Å². The largest absolute Gasteiger partial charge is 0.488 e. The fraction of sp³-hybridized carbons (Fsp3) is 0.556. The Labute approximate surface area is 150 Å². The van der Waals surface area contributed by atoms with Crippen molar-refractivity contribution in [3.63, 3.8) is 0 Å². The Balaban J connectivity index is 1.68. The molecule has 1 aromatic rings. The van der Waals surface area contributed by atoms with Crippen LogP contribution in [0.2, 0.25) is 0 Å². The molecule has 27 heavy (non-hydrogen) atoms. The first-order valence-corrected chi connectivity index (χ1v) is 11.1. The van der Waals surface area contributed by atoms with Gasteiger partial charge in [-0.1, -0.05) is 0 Å². The SMILES string of the molecule is O=c1ccn(C2OC(COP3OP(=O)(O)OP(=O)(O)O3)C(O)C2O)c(=O)[nH]1. The van der Waals surface area contributed by atoms with E-state index >= 15 is 0 Å². The molecule has 2 saturated heterocycles. The van der Waals surface area contributed by atoms with E-state index in [9.17, 15) is 28.9 Å². The maximum absolute atomic E-state index is 11.8. The number of phosphoric acid groups is 2. The molecule has 6 atom stereocenters. The lowest BCUT2D eigenvalue weighted by atomic mass is 10.1. The standard InChI is InChI=1S/C9H13N2O13P3/c12-5-1-2-11(9(15)10-5)8-7(14)6(13)4(21-8)3-20-25-22-26(16,17)24-27(18,19)23-25/h1-2,4,6-8,13-14H,3H2,(H,16,17)(H,18,19)(H,10,12,15). The first kappa shape index (κ1) is 20.9. The Bertz CT molecular complexity index is 891. The maximum Gasteiger partial charge on any atom is 0.488 e. The molecule has 5 N–H and O–H groups in total. The molecule has 6 unspecified atom stereocenters. The predicted molar refractivity (Wildman–Crippen MR) is 83.0 cm³/mol. The van der Waals surface area contributed by atoms with Gasteiger partial charge >= 0.3 is 29.9 Å². The average molecular weight is 450 g/mol. The van der Waals surface area contributed by atoms with Crippen LogP contribution in [0.4, 0.5) is 0 Å². The highest BCUT2D eigenvalue weighted by Gasteiger charge is 2.49. The van der Waals surface area contributed by atoms with Crippen molar-refractivity contribution in [1.82, 2.24) is 9.55 Å². The van der Waals surface area contributed by atoms with Crippen LogP contribution in [0.1, 0.15) is 6.23 Å². The Morgan fingerprint density at radius 1 is 1.19 bits per heavy atom. The van der Waals surface area contributed by atoms with Gasteiger partial charge in [-0.2, -0.15) is 4.31 Å². The average Bonchev–Trinajstić information content (AvgIpc) is 2.78. The Hall–Kier alpha value is -0.790. The molecule has 3 rings (SSSR count). The van der Waals surface area contributed by atoms with Crippen LogP contribution >= 0.6 is 24.2 Å². The van der Waals surface area contributed by atoms with Gasteiger partial charge < -0.3 is 29.3 Å². The minimum absolute atomic E-state index is 0.613. The maximum atomic E-state index is 11.8. The number of rotatable bonds is 4. The van der Waals surface area contributed by atoms with E-state index in [0.29, 0.717) is 0 Å². The second-order valence-electron chi connectivity index (χ2n) is 5.27. The second kappa shape index (κ2) is 7.56. The minimum atomic E-state index is -4.89. The van der Waals surface area contributed by atoms with Crippen LogP contribution in [0.15, 0.2) is 21.9 Å². The summed E-state index contributed by atoms with van der Waals surface area (Å²) in [5.41, 5.74) is -1.58. The van der Waals surface area contributed by atoms with Crippen molar-refractivity contribution in [3.05, 3.63) is 33.1 Å². The van der Waals surface area contributed by atoms with Crippen LogP contribution in [0.5, 0.6) is 0 Å². The number of aliphatic hydroxyl groups excluding tert-OH is 2. The van der Waals surface area contributed by atoms with Gasteiger partial charge in [0, 0.05) is 12.3 Å². The number of ether oxygens (including phenoxy) is 1. The molecule has 0 saturated carbocycles. The molecule has 2 fully saturated rings. The van der Waals surface area contributed by atoms with Crippen molar-refractivity contribution in [2.45, 2.75) is 24.5 Å². The molecule has 0 aromatic carbocycles. The van der Waals surface area contributed by atoms with E-state index in [-0.39, 0.29) is 0 Å². The number of nitrogens with one attached hydrogen (secondary N) is 1. The van der Waals surface area contributed by atoms with Gasteiger partial charge in [-0.3, -0.25) is 14.3 Å². The molecule has 0 aliphatic carbocycles. The number of hydrogen-bond donors (Lipinski definition) is 5. The van der Waals surface area contributed by atoms with E-state index in [2.05, 4.69) is 12.9 Å². The van der Waals surface area contributed by atoms with Crippen LogP contribution in [0.3, 0.4) is 0 Å². The molecule has 15 nitrogen and oxygen atoms in total. The third-order valence-corrected chi connectivity index (χ3v) is 8.08. The number of aromatic amines is 1. The zero-order chi connectivity index (χ0) is 20.0. The van der Waals surface area contributed by atoms with Crippen LogP contribution in [-0.2, 0) is 31.3 Å². The van der Waals surface area contributed by atoms with Gasteiger partial charge in [0.05, 0.1) is 6.61 Å². The topological polar surface area (TPSA) is 216 Å². The highest BCUT2D eigenvalue weighted by molar-refractivity contribution is 7.72. The van der Waals surface area contributed by atoms with E-state index < -0.39 is 66.6 Å². The molecule has 0 spiro atoms. The zero-order valence-electron chi connectivity index (χ0n) is 12.9. The van der Waals surface area contributed by atoms with Gasteiger partial charge in [0.15, 0.2) is 6.23 Å². The number of nitrogens with zero attached hydrogens (tertiary/aromatic N) is 1. The van der Waals surface area contributed by atoms with Gasteiger partial charge in [0.25, 0.3) is 5.56 Å². The molecular formula is C9H13N2O13P3. The Kier molecular flexibility index (Phi) is 5.86. The van der Waals surface area contributed by atoms with Crippen molar-refractivity contribution in [2.24, 2.45) is 0 Å². The molecule has 1 aromatic heterocycles. The summed E-state index contributed by atoms with van der Waals surface area (Å²) in [7, 11) is -12.6. The van der Waals surface area contributed by atoms with Crippen LogP contribution < -0.4 is 11.2 Å². The fourth-order valence-corrected chi connectivity index (χ4v) is 6.45. The summed E-state index contributed by atoms with van der Waals surface area (Å²) in [6.45, 7) is -0.613. The number of H-pyrrole nitrogens is 1. The van der Waals surface area contributed by atoms with Gasteiger partial charge in [0.2, 0.25) is 0 Å². The van der Waals surface area contributed by atoms with Crippen molar-refractivity contribution in [1.29, 1.82) is 0 Å². The Morgan fingerprint density at radius 2 is 1.81 bits per heavy atom. The fourth-order valence-electron chi connectivity index (χ4n) is 2.25. The van der Waals surface area contributed by atoms with Crippen molar-refractivity contribution in [2.75, 3.05) is 6.61 Å². The predicted octanol–water partition coefficient (Wildman–Crippen LogP) is -1.34. The molecule has 0 bridgehead atoms. The van der Waals surface area contributed by atoms with Crippen molar-refractivity contribution < 1.29 is 51.3 Å². The van der Waals surface area contributed by atoms with E-state index in [1.807, 2.05) is 4.98 Å². The summed E-state index contributed by atoms with van der Waals surface area (Å²) in [5, 5.41) is 20.1. The lowest BCUT2D eigenvalue weighted by molar-refractivity contribution is -0.0527. The van der Waals surface area contributed by atoms with Crippen LogP contribution in [-0.4, -0.2) is 54.5 Å². The highest BCUT2D eigenvalue weighted by atomic mass is 31.3. The summed E-state index contributed by atoms with van der Waals surface area (Å²) in [6, 6.07) is 0.998. The third-order valence-electron chi connectivity index (χ3n) is 3.35. The molecule has 3 heterocycles. The third kappa shape index (κ3) is 4.80. The van der Waals surface area contributed by atoms with Gasteiger partial charge in [-0.25, -0.2) is 22.5 Å². The summed E-state index contributed by atoms with van der Waals surface area (Å²) in [6.07, 6.45) is -4.79. The van der Waals surface area contributed by atoms with Gasteiger partial charge in [0.1, 0.15) is 18.3 Å². The van der Waals surface area contributed by atoms with Crippen molar-refractivity contribution >= 4 is 24.2 Å². The summed E-state index contributed by atoms with van der Waals surface area (Å²) in [4.78, 5) is 43.1. The molecule has 2 aliphatic heterocycles. The van der Waals surface area contributed by atoms with Crippen molar-refractivity contribution in [3.8, 4) is 0 Å². The zero-order valence-corrected chi connectivity index (χ0v) is 15.6. The number of aliphatic hydroxyl groups is 2. The Morgan fingerprint density at radius 3 is 2.41 bits per heavy atom. The number of hydrogen-bond acceptors (Lipinski definition) is 11. The first-order valence-electron chi connectivity index (χ1n) is 7.00. The highest BCUT2D eigenvalue weighted by Crippen LogP contribution is 2.76. The van der Waals surface area contributed by atoms with Crippen LogP contribution in [0.25, 0.3) is 0 Å². The van der Waals surface area contributed by atoms with E-state index in [1.165, 1.54) is 0 Å². The summed E-state index contributed by atoms with van der Waals surface area (Å²) >= 11 is 0. The quantitative estimate of drug-likeness (QED) is 0.336.